The highest BCUT2D eigenvalue weighted by molar-refractivity contribution is 5.79. The third-order valence-corrected chi connectivity index (χ3v) is 4.20. The SMILES string of the molecule is CCC(=O)CCOCCNC(=O)C1CCC(NC(=O)COC)CC1. The van der Waals surface area contributed by atoms with Crippen molar-refractivity contribution in [1.82, 2.24) is 10.6 Å². The first-order valence-electron chi connectivity index (χ1n) is 8.72. The van der Waals surface area contributed by atoms with Crippen molar-refractivity contribution in [1.29, 1.82) is 0 Å². The molecule has 7 nitrogen and oxygen atoms in total. The number of carbonyl (C=O) groups excluding carboxylic acids is 3. The van der Waals surface area contributed by atoms with E-state index in [9.17, 15) is 14.4 Å². The minimum atomic E-state index is -0.107. The fourth-order valence-electron chi connectivity index (χ4n) is 2.76. The number of ketones is 1. The highest BCUT2D eigenvalue weighted by Crippen LogP contribution is 2.24. The molecule has 1 rings (SSSR count). The molecule has 1 saturated carbocycles. The monoisotopic (exact) mass is 342 g/mol. The van der Waals surface area contributed by atoms with E-state index < -0.39 is 0 Å². The maximum absolute atomic E-state index is 12.1. The van der Waals surface area contributed by atoms with E-state index in [1.807, 2.05) is 6.92 Å². The first-order valence-corrected chi connectivity index (χ1v) is 8.72. The normalized spacial score (nSPS) is 20.4. The van der Waals surface area contributed by atoms with Gasteiger partial charge in [-0.25, -0.2) is 0 Å². The third-order valence-electron chi connectivity index (χ3n) is 4.20. The molecule has 1 aliphatic carbocycles. The molecule has 1 fully saturated rings. The van der Waals surface area contributed by atoms with Crippen LogP contribution in [0.1, 0.15) is 45.4 Å². The lowest BCUT2D eigenvalue weighted by molar-refractivity contribution is -0.127. The molecule has 0 spiro atoms. The Kier molecular flexibility index (Phi) is 10.3. The van der Waals surface area contributed by atoms with Crippen molar-refractivity contribution in [2.75, 3.05) is 33.5 Å². The van der Waals surface area contributed by atoms with Crippen molar-refractivity contribution in [3.05, 3.63) is 0 Å². The van der Waals surface area contributed by atoms with Crippen LogP contribution in [-0.2, 0) is 23.9 Å². The van der Waals surface area contributed by atoms with Crippen LogP contribution >= 0.6 is 0 Å². The van der Waals surface area contributed by atoms with E-state index in [4.69, 9.17) is 9.47 Å². The van der Waals surface area contributed by atoms with Gasteiger partial charge in [0.25, 0.3) is 0 Å². The number of carbonyl (C=O) groups is 3. The first-order chi connectivity index (χ1) is 11.6. The van der Waals surface area contributed by atoms with Gasteiger partial charge in [-0.05, 0) is 25.7 Å². The summed E-state index contributed by atoms with van der Waals surface area (Å²) in [6.07, 6.45) is 4.13. The Labute approximate surface area is 143 Å². The smallest absolute Gasteiger partial charge is 0.246 e. The fourth-order valence-corrected chi connectivity index (χ4v) is 2.76. The van der Waals surface area contributed by atoms with E-state index in [2.05, 4.69) is 10.6 Å². The molecule has 0 aromatic carbocycles. The van der Waals surface area contributed by atoms with Gasteiger partial charge in [0.05, 0.1) is 13.2 Å². The van der Waals surface area contributed by atoms with E-state index in [-0.39, 0.29) is 36.2 Å². The average Bonchev–Trinajstić information content (AvgIpc) is 2.58. The zero-order valence-corrected chi connectivity index (χ0v) is 14.8. The van der Waals surface area contributed by atoms with Gasteiger partial charge in [0.2, 0.25) is 11.8 Å². The van der Waals surface area contributed by atoms with Crippen LogP contribution in [0, 0.1) is 5.92 Å². The molecule has 2 N–H and O–H groups in total. The molecule has 0 aromatic rings. The van der Waals surface area contributed by atoms with Gasteiger partial charge in [0.15, 0.2) is 0 Å². The van der Waals surface area contributed by atoms with E-state index >= 15 is 0 Å². The van der Waals surface area contributed by atoms with Crippen LogP contribution in [0.25, 0.3) is 0 Å². The maximum atomic E-state index is 12.1. The molecule has 0 heterocycles. The number of nitrogens with one attached hydrogen (secondary N) is 2. The van der Waals surface area contributed by atoms with E-state index in [1.165, 1.54) is 7.11 Å². The molecule has 0 aromatic heterocycles. The minimum absolute atomic E-state index is 0.00208. The van der Waals surface area contributed by atoms with Crippen molar-refractivity contribution in [3.63, 3.8) is 0 Å². The van der Waals surface area contributed by atoms with Gasteiger partial charge in [-0.15, -0.1) is 0 Å². The van der Waals surface area contributed by atoms with Crippen LogP contribution in [0.4, 0.5) is 0 Å². The molecule has 0 radical (unpaired) electrons. The van der Waals surface area contributed by atoms with Crippen LogP contribution in [0.5, 0.6) is 0 Å². The Morgan fingerprint density at radius 2 is 1.79 bits per heavy atom. The molecular formula is C17H30N2O5. The molecule has 2 amide bonds. The van der Waals surface area contributed by atoms with Gasteiger partial charge < -0.3 is 20.1 Å². The highest BCUT2D eigenvalue weighted by atomic mass is 16.5. The summed E-state index contributed by atoms with van der Waals surface area (Å²) < 4.78 is 10.1. The molecule has 24 heavy (non-hydrogen) atoms. The predicted molar refractivity (Wildman–Crippen MR) is 89.5 cm³/mol. The lowest BCUT2D eigenvalue weighted by atomic mass is 9.85. The topological polar surface area (TPSA) is 93.7 Å². The van der Waals surface area contributed by atoms with Gasteiger partial charge in [-0.3, -0.25) is 14.4 Å². The Morgan fingerprint density at radius 1 is 1.08 bits per heavy atom. The zero-order chi connectivity index (χ0) is 17.8. The fraction of sp³-hybridized carbons (Fsp3) is 0.824. The summed E-state index contributed by atoms with van der Waals surface area (Å²) in [6.45, 7) is 3.20. The molecule has 1 aliphatic rings. The second kappa shape index (κ2) is 12.0. The standard InChI is InChI=1S/C17H30N2O5/c1-3-15(20)8-10-24-11-9-18-17(22)13-4-6-14(7-5-13)19-16(21)12-23-2/h13-14H,3-12H2,1-2H3,(H,18,22)(H,19,21). The summed E-state index contributed by atoms with van der Waals surface area (Å²) in [7, 11) is 1.49. The third kappa shape index (κ3) is 8.40. The lowest BCUT2D eigenvalue weighted by Gasteiger charge is -2.28. The van der Waals surface area contributed by atoms with Crippen LogP contribution in [-0.4, -0.2) is 57.1 Å². The number of rotatable bonds is 11. The number of ether oxygens (including phenoxy) is 2. The molecule has 0 unspecified atom stereocenters. The highest BCUT2D eigenvalue weighted by Gasteiger charge is 2.26. The zero-order valence-electron chi connectivity index (χ0n) is 14.8. The summed E-state index contributed by atoms with van der Waals surface area (Å²) in [6, 6.07) is 0.135. The molecule has 0 bridgehead atoms. The predicted octanol–water partition coefficient (Wildman–Crippen LogP) is 0.810. The second-order valence-corrected chi connectivity index (χ2v) is 6.09. The summed E-state index contributed by atoms with van der Waals surface area (Å²) in [5, 5.41) is 5.79. The van der Waals surface area contributed by atoms with Crippen molar-refractivity contribution in [3.8, 4) is 0 Å². The second-order valence-electron chi connectivity index (χ2n) is 6.09. The number of Topliss-reactive ketones (excluding diaryl/α,β-unsaturated/α-hetero) is 1. The van der Waals surface area contributed by atoms with Crippen LogP contribution < -0.4 is 10.6 Å². The summed E-state index contributed by atoms with van der Waals surface area (Å²) in [5.74, 6) is 0.129. The Morgan fingerprint density at radius 3 is 2.42 bits per heavy atom. The number of hydrogen-bond acceptors (Lipinski definition) is 5. The van der Waals surface area contributed by atoms with Gasteiger partial charge >= 0.3 is 0 Å². The van der Waals surface area contributed by atoms with Crippen molar-refractivity contribution >= 4 is 17.6 Å². The quantitative estimate of drug-likeness (QED) is 0.542. The van der Waals surface area contributed by atoms with Crippen LogP contribution in [0.3, 0.4) is 0 Å². The molecular weight excluding hydrogens is 312 g/mol. The number of hydrogen-bond donors (Lipinski definition) is 2. The molecule has 0 aliphatic heterocycles. The Bertz CT molecular complexity index is 406. The maximum Gasteiger partial charge on any atom is 0.246 e. The largest absolute Gasteiger partial charge is 0.379 e. The Balaban J connectivity index is 2.08. The first kappa shape index (κ1) is 20.6. The summed E-state index contributed by atoms with van der Waals surface area (Å²) >= 11 is 0. The minimum Gasteiger partial charge on any atom is -0.379 e. The van der Waals surface area contributed by atoms with Gasteiger partial charge in [0, 0.05) is 38.5 Å². The van der Waals surface area contributed by atoms with Crippen molar-refractivity contribution in [2.45, 2.75) is 51.5 Å². The molecule has 138 valence electrons. The van der Waals surface area contributed by atoms with Crippen molar-refractivity contribution < 1.29 is 23.9 Å². The number of amides is 2. The van der Waals surface area contributed by atoms with Crippen molar-refractivity contribution in [2.24, 2.45) is 5.92 Å². The van der Waals surface area contributed by atoms with E-state index in [0.717, 1.165) is 25.7 Å². The lowest BCUT2D eigenvalue weighted by Crippen LogP contribution is -2.42. The van der Waals surface area contributed by atoms with Gasteiger partial charge in [-0.2, -0.15) is 0 Å². The molecule has 0 saturated heterocycles. The molecule has 7 heteroatoms. The van der Waals surface area contributed by atoms with E-state index in [1.54, 1.807) is 0 Å². The summed E-state index contributed by atoms with van der Waals surface area (Å²) in [4.78, 5) is 34.7. The molecule has 0 atom stereocenters. The van der Waals surface area contributed by atoms with Gasteiger partial charge in [0.1, 0.15) is 12.4 Å². The number of methoxy groups -OCH3 is 1. The summed E-state index contributed by atoms with van der Waals surface area (Å²) in [5.41, 5.74) is 0. The van der Waals surface area contributed by atoms with Crippen LogP contribution in [0.2, 0.25) is 0 Å². The average molecular weight is 342 g/mol. The van der Waals surface area contributed by atoms with Crippen LogP contribution in [0.15, 0.2) is 0 Å². The Hall–Kier alpha value is -1.47. The van der Waals surface area contributed by atoms with E-state index in [0.29, 0.717) is 32.6 Å². The van der Waals surface area contributed by atoms with Gasteiger partial charge in [-0.1, -0.05) is 6.92 Å².